The van der Waals surface area contributed by atoms with Crippen molar-refractivity contribution in [1.82, 2.24) is 10.2 Å². The van der Waals surface area contributed by atoms with Crippen LogP contribution < -0.4 is 5.32 Å². The van der Waals surface area contributed by atoms with Crippen molar-refractivity contribution in [2.75, 3.05) is 31.6 Å². The predicted octanol–water partition coefficient (Wildman–Crippen LogP) is 2.20. The largest absolute Gasteiger partial charge is 0.313 e. The zero-order valence-corrected chi connectivity index (χ0v) is 11.3. The van der Waals surface area contributed by atoms with E-state index < -0.39 is 0 Å². The number of rotatable bonds is 7. The molecule has 0 saturated carbocycles. The summed E-state index contributed by atoms with van der Waals surface area (Å²) in [5, 5.41) is 3.65. The normalized spacial score (nSPS) is 21.8. The first kappa shape index (κ1) is 13.3. The number of nitrogens with one attached hydrogen (secondary N) is 1. The predicted molar refractivity (Wildman–Crippen MR) is 70.7 cm³/mol. The Morgan fingerprint density at radius 3 is 2.80 bits per heavy atom. The standard InChI is InChI=1S/C12H26N2S/c1-11(2)14(3)8-5-4-7-13-12-6-9-15-10-12/h11-13H,4-10H2,1-3H3. The Bertz CT molecular complexity index is 152. The topological polar surface area (TPSA) is 15.3 Å². The van der Waals surface area contributed by atoms with Gasteiger partial charge in [0.2, 0.25) is 0 Å². The monoisotopic (exact) mass is 230 g/mol. The van der Waals surface area contributed by atoms with Crippen LogP contribution >= 0.6 is 11.8 Å². The Morgan fingerprint density at radius 2 is 2.20 bits per heavy atom. The van der Waals surface area contributed by atoms with Crippen LogP contribution in [0, 0.1) is 0 Å². The fraction of sp³-hybridized carbons (Fsp3) is 1.00. The first-order valence-corrected chi connectivity index (χ1v) is 7.37. The van der Waals surface area contributed by atoms with E-state index in [1.165, 1.54) is 43.9 Å². The van der Waals surface area contributed by atoms with Gasteiger partial charge in [0.15, 0.2) is 0 Å². The van der Waals surface area contributed by atoms with Crippen molar-refractivity contribution in [3.63, 3.8) is 0 Å². The van der Waals surface area contributed by atoms with Gasteiger partial charge in [0.25, 0.3) is 0 Å². The van der Waals surface area contributed by atoms with E-state index >= 15 is 0 Å². The summed E-state index contributed by atoms with van der Waals surface area (Å²) in [4.78, 5) is 2.42. The third kappa shape index (κ3) is 5.79. The van der Waals surface area contributed by atoms with Gasteiger partial charge in [-0.3, -0.25) is 0 Å². The molecule has 15 heavy (non-hydrogen) atoms. The third-order valence-corrected chi connectivity index (χ3v) is 4.34. The molecular formula is C12H26N2S. The van der Waals surface area contributed by atoms with Crippen LogP contribution in [0.2, 0.25) is 0 Å². The van der Waals surface area contributed by atoms with Crippen LogP contribution in [0.25, 0.3) is 0 Å². The molecule has 0 aliphatic carbocycles. The smallest absolute Gasteiger partial charge is 0.0166 e. The van der Waals surface area contributed by atoms with Crippen LogP contribution in [0.3, 0.4) is 0 Å². The van der Waals surface area contributed by atoms with Gasteiger partial charge in [-0.2, -0.15) is 11.8 Å². The van der Waals surface area contributed by atoms with Gasteiger partial charge in [0.1, 0.15) is 0 Å². The fourth-order valence-electron chi connectivity index (χ4n) is 1.75. The van der Waals surface area contributed by atoms with Crippen LogP contribution in [-0.2, 0) is 0 Å². The lowest BCUT2D eigenvalue weighted by atomic mass is 10.2. The highest BCUT2D eigenvalue weighted by Gasteiger charge is 2.13. The lowest BCUT2D eigenvalue weighted by molar-refractivity contribution is 0.267. The lowest BCUT2D eigenvalue weighted by Gasteiger charge is -2.20. The highest BCUT2D eigenvalue weighted by atomic mass is 32.2. The maximum atomic E-state index is 3.65. The van der Waals surface area contributed by atoms with Crippen molar-refractivity contribution in [2.45, 2.75) is 45.2 Å². The van der Waals surface area contributed by atoms with E-state index in [0.29, 0.717) is 6.04 Å². The van der Waals surface area contributed by atoms with E-state index in [-0.39, 0.29) is 0 Å². The number of unbranched alkanes of at least 4 members (excludes halogenated alkanes) is 1. The molecule has 0 radical (unpaired) electrons. The first-order chi connectivity index (χ1) is 7.20. The highest BCUT2D eigenvalue weighted by Crippen LogP contribution is 2.16. The summed E-state index contributed by atoms with van der Waals surface area (Å²) in [6, 6.07) is 1.49. The summed E-state index contributed by atoms with van der Waals surface area (Å²) < 4.78 is 0. The molecule has 1 saturated heterocycles. The van der Waals surface area contributed by atoms with Crippen LogP contribution in [0.15, 0.2) is 0 Å². The van der Waals surface area contributed by atoms with E-state index in [1.54, 1.807) is 0 Å². The van der Waals surface area contributed by atoms with E-state index in [0.717, 1.165) is 6.04 Å². The second kappa shape index (κ2) is 7.53. The van der Waals surface area contributed by atoms with Gasteiger partial charge in [-0.15, -0.1) is 0 Å². The molecule has 1 unspecified atom stereocenters. The SMILES string of the molecule is CC(C)N(C)CCCCNC1CCSC1. The van der Waals surface area contributed by atoms with Crippen molar-refractivity contribution in [3.05, 3.63) is 0 Å². The maximum absolute atomic E-state index is 3.65. The summed E-state index contributed by atoms with van der Waals surface area (Å²) >= 11 is 2.08. The lowest BCUT2D eigenvalue weighted by Crippen LogP contribution is -2.31. The molecule has 1 fully saturated rings. The summed E-state index contributed by atoms with van der Waals surface area (Å²) in [5.74, 6) is 2.68. The van der Waals surface area contributed by atoms with E-state index in [4.69, 9.17) is 0 Å². The highest BCUT2D eigenvalue weighted by molar-refractivity contribution is 7.99. The van der Waals surface area contributed by atoms with E-state index in [1.807, 2.05) is 0 Å². The number of nitrogens with zero attached hydrogens (tertiary/aromatic N) is 1. The number of hydrogen-bond acceptors (Lipinski definition) is 3. The molecule has 2 nitrogen and oxygen atoms in total. The molecule has 0 aromatic heterocycles. The zero-order valence-electron chi connectivity index (χ0n) is 10.5. The summed E-state index contributed by atoms with van der Waals surface area (Å²) in [7, 11) is 2.21. The van der Waals surface area contributed by atoms with Crippen LogP contribution in [0.4, 0.5) is 0 Å². The van der Waals surface area contributed by atoms with Crippen molar-refractivity contribution in [2.24, 2.45) is 0 Å². The summed E-state index contributed by atoms with van der Waals surface area (Å²) in [6.45, 7) is 6.96. The molecule has 1 N–H and O–H groups in total. The number of hydrogen-bond donors (Lipinski definition) is 1. The van der Waals surface area contributed by atoms with Gasteiger partial charge in [-0.05, 0) is 59.0 Å². The Balaban J connectivity index is 1.88. The third-order valence-electron chi connectivity index (χ3n) is 3.18. The quantitative estimate of drug-likeness (QED) is 0.675. The average molecular weight is 230 g/mol. The first-order valence-electron chi connectivity index (χ1n) is 6.21. The minimum atomic E-state index is 0.684. The van der Waals surface area contributed by atoms with Gasteiger partial charge >= 0.3 is 0 Å². The average Bonchev–Trinajstić information content (AvgIpc) is 2.69. The zero-order chi connectivity index (χ0) is 11.1. The molecule has 0 bridgehead atoms. The van der Waals surface area contributed by atoms with Gasteiger partial charge in [0, 0.05) is 17.8 Å². The second-order valence-corrected chi connectivity index (χ2v) is 5.95. The van der Waals surface area contributed by atoms with Gasteiger partial charge in [-0.25, -0.2) is 0 Å². The Kier molecular flexibility index (Phi) is 6.69. The Morgan fingerprint density at radius 1 is 1.40 bits per heavy atom. The van der Waals surface area contributed by atoms with Crippen LogP contribution in [-0.4, -0.2) is 48.6 Å². The van der Waals surface area contributed by atoms with Crippen molar-refractivity contribution >= 4 is 11.8 Å². The molecule has 0 amide bonds. The van der Waals surface area contributed by atoms with Crippen molar-refractivity contribution in [1.29, 1.82) is 0 Å². The fourth-order valence-corrected chi connectivity index (χ4v) is 2.93. The van der Waals surface area contributed by atoms with Crippen molar-refractivity contribution in [3.8, 4) is 0 Å². The molecular weight excluding hydrogens is 204 g/mol. The van der Waals surface area contributed by atoms with Crippen LogP contribution in [0.5, 0.6) is 0 Å². The minimum Gasteiger partial charge on any atom is -0.313 e. The van der Waals surface area contributed by atoms with E-state index in [9.17, 15) is 0 Å². The molecule has 1 rings (SSSR count). The molecule has 1 aliphatic rings. The Labute approximate surface area is 99.2 Å². The van der Waals surface area contributed by atoms with Crippen molar-refractivity contribution < 1.29 is 0 Å². The summed E-state index contributed by atoms with van der Waals surface area (Å²) in [5.41, 5.74) is 0. The van der Waals surface area contributed by atoms with Gasteiger partial charge < -0.3 is 10.2 Å². The molecule has 3 heteroatoms. The second-order valence-electron chi connectivity index (χ2n) is 4.80. The van der Waals surface area contributed by atoms with Crippen LogP contribution in [0.1, 0.15) is 33.1 Å². The van der Waals surface area contributed by atoms with Gasteiger partial charge in [-0.1, -0.05) is 0 Å². The molecule has 0 spiro atoms. The maximum Gasteiger partial charge on any atom is 0.0166 e. The minimum absolute atomic E-state index is 0.684. The molecule has 1 aliphatic heterocycles. The molecule has 0 aromatic rings. The van der Waals surface area contributed by atoms with Gasteiger partial charge in [0.05, 0.1) is 0 Å². The Hall–Kier alpha value is 0.270. The molecule has 0 aromatic carbocycles. The number of thioether (sulfide) groups is 1. The molecule has 90 valence electrons. The molecule has 1 heterocycles. The summed E-state index contributed by atoms with van der Waals surface area (Å²) in [6.07, 6.45) is 4.01. The van der Waals surface area contributed by atoms with E-state index in [2.05, 4.69) is 42.9 Å². The molecule has 1 atom stereocenters.